The Morgan fingerprint density at radius 2 is 1.78 bits per heavy atom. The molecule has 0 fully saturated rings. The standard InChI is InChI=1S/C11H13Cl2NO3S/c1-3-11(15)7(2)14-18(16,17)10-5-8(12)4-9(13)6-10/h4-7,14H,3H2,1-2H3. The van der Waals surface area contributed by atoms with E-state index in [0.29, 0.717) is 0 Å². The van der Waals surface area contributed by atoms with Crippen LogP contribution in [0.15, 0.2) is 23.1 Å². The zero-order valence-corrected chi connectivity index (χ0v) is 12.2. The molecule has 0 radical (unpaired) electrons. The largest absolute Gasteiger partial charge is 0.298 e. The van der Waals surface area contributed by atoms with Gasteiger partial charge in [-0.2, -0.15) is 0 Å². The van der Waals surface area contributed by atoms with Gasteiger partial charge >= 0.3 is 0 Å². The lowest BCUT2D eigenvalue weighted by molar-refractivity contribution is -0.119. The molecule has 0 saturated heterocycles. The van der Waals surface area contributed by atoms with Crippen molar-refractivity contribution < 1.29 is 13.2 Å². The summed E-state index contributed by atoms with van der Waals surface area (Å²) in [7, 11) is -3.80. The van der Waals surface area contributed by atoms with E-state index in [1.165, 1.54) is 25.1 Å². The number of hydrogen-bond acceptors (Lipinski definition) is 3. The Kier molecular flexibility index (Phi) is 5.16. The first kappa shape index (κ1) is 15.4. The van der Waals surface area contributed by atoms with Crippen LogP contribution in [0.3, 0.4) is 0 Å². The number of hydrogen-bond donors (Lipinski definition) is 1. The third kappa shape index (κ3) is 3.95. The summed E-state index contributed by atoms with van der Waals surface area (Å²) in [6, 6.07) is 3.21. The monoisotopic (exact) mass is 309 g/mol. The van der Waals surface area contributed by atoms with Gasteiger partial charge in [0.05, 0.1) is 10.9 Å². The van der Waals surface area contributed by atoms with Gasteiger partial charge in [0.1, 0.15) is 5.78 Å². The molecule has 0 aromatic heterocycles. The summed E-state index contributed by atoms with van der Waals surface area (Å²) in [5.41, 5.74) is 0. The van der Waals surface area contributed by atoms with Crippen molar-refractivity contribution in [2.45, 2.75) is 31.2 Å². The van der Waals surface area contributed by atoms with Crippen LogP contribution >= 0.6 is 23.2 Å². The zero-order valence-electron chi connectivity index (χ0n) is 9.91. The van der Waals surface area contributed by atoms with E-state index in [1.807, 2.05) is 0 Å². The fourth-order valence-electron chi connectivity index (χ4n) is 1.36. The predicted molar refractivity (Wildman–Crippen MR) is 71.5 cm³/mol. The quantitative estimate of drug-likeness (QED) is 0.909. The van der Waals surface area contributed by atoms with Gasteiger partial charge in [-0.25, -0.2) is 13.1 Å². The highest BCUT2D eigenvalue weighted by Crippen LogP contribution is 2.22. The highest BCUT2D eigenvalue weighted by Gasteiger charge is 2.21. The van der Waals surface area contributed by atoms with Crippen molar-refractivity contribution in [1.29, 1.82) is 0 Å². The maximum absolute atomic E-state index is 12.0. The molecule has 1 unspecified atom stereocenters. The molecule has 0 bridgehead atoms. The second-order valence-electron chi connectivity index (χ2n) is 3.77. The number of ketones is 1. The lowest BCUT2D eigenvalue weighted by atomic mass is 10.2. The smallest absolute Gasteiger partial charge is 0.241 e. The number of sulfonamides is 1. The summed E-state index contributed by atoms with van der Waals surface area (Å²) >= 11 is 11.5. The van der Waals surface area contributed by atoms with Gasteiger partial charge in [-0.1, -0.05) is 30.1 Å². The van der Waals surface area contributed by atoms with E-state index in [1.54, 1.807) is 6.92 Å². The van der Waals surface area contributed by atoms with E-state index >= 15 is 0 Å². The summed E-state index contributed by atoms with van der Waals surface area (Å²) in [5.74, 6) is -0.188. The number of benzene rings is 1. The number of carbonyl (C=O) groups excluding carboxylic acids is 1. The summed E-state index contributed by atoms with van der Waals surface area (Å²) in [5, 5.41) is 0.440. The number of halogens is 2. The molecule has 1 rings (SSSR count). The Morgan fingerprint density at radius 1 is 1.28 bits per heavy atom. The molecule has 1 aromatic carbocycles. The Morgan fingerprint density at radius 3 is 2.22 bits per heavy atom. The molecule has 0 aliphatic heterocycles. The van der Waals surface area contributed by atoms with Crippen LogP contribution in [-0.2, 0) is 14.8 Å². The van der Waals surface area contributed by atoms with E-state index in [2.05, 4.69) is 4.72 Å². The van der Waals surface area contributed by atoms with Crippen molar-refractivity contribution >= 4 is 39.0 Å². The third-order valence-corrected chi connectivity index (χ3v) is 4.27. The van der Waals surface area contributed by atoms with Crippen molar-refractivity contribution in [3.63, 3.8) is 0 Å². The molecule has 0 aliphatic rings. The molecule has 0 amide bonds. The van der Waals surface area contributed by atoms with E-state index < -0.39 is 16.1 Å². The second-order valence-corrected chi connectivity index (χ2v) is 6.35. The number of carbonyl (C=O) groups is 1. The summed E-state index contributed by atoms with van der Waals surface area (Å²) < 4.78 is 26.3. The Hall–Kier alpha value is -0.620. The fraction of sp³-hybridized carbons (Fsp3) is 0.364. The maximum atomic E-state index is 12.0. The van der Waals surface area contributed by atoms with Gasteiger partial charge in [0.2, 0.25) is 10.0 Å². The number of nitrogens with one attached hydrogen (secondary N) is 1. The molecule has 7 heteroatoms. The lowest BCUT2D eigenvalue weighted by Gasteiger charge is -2.12. The van der Waals surface area contributed by atoms with Gasteiger partial charge in [0, 0.05) is 16.5 Å². The summed E-state index contributed by atoms with van der Waals surface area (Å²) in [6.45, 7) is 3.17. The van der Waals surface area contributed by atoms with Crippen molar-refractivity contribution in [3.05, 3.63) is 28.2 Å². The molecule has 100 valence electrons. The highest BCUT2D eigenvalue weighted by atomic mass is 35.5. The van der Waals surface area contributed by atoms with Crippen LogP contribution in [0, 0.1) is 0 Å². The van der Waals surface area contributed by atoms with Crippen LogP contribution in [-0.4, -0.2) is 20.2 Å². The van der Waals surface area contributed by atoms with Gasteiger partial charge in [-0.15, -0.1) is 0 Å². The normalized spacial score (nSPS) is 13.3. The Labute approximate surface area is 116 Å². The SMILES string of the molecule is CCC(=O)C(C)NS(=O)(=O)c1cc(Cl)cc(Cl)c1. The van der Waals surface area contributed by atoms with Gasteiger partial charge in [0.15, 0.2) is 0 Å². The number of Topliss-reactive ketones (excluding diaryl/α,β-unsaturated/α-hetero) is 1. The fourth-order valence-corrected chi connectivity index (χ4v) is 3.31. The molecule has 0 saturated carbocycles. The first-order chi connectivity index (χ1) is 8.26. The van der Waals surface area contributed by atoms with Crippen LogP contribution in [0.4, 0.5) is 0 Å². The van der Waals surface area contributed by atoms with Gasteiger partial charge in [-0.3, -0.25) is 4.79 Å². The molecule has 1 N–H and O–H groups in total. The molecule has 1 atom stereocenters. The minimum absolute atomic E-state index is 0.0595. The third-order valence-electron chi connectivity index (χ3n) is 2.31. The molecule has 0 aliphatic carbocycles. The minimum Gasteiger partial charge on any atom is -0.298 e. The van der Waals surface area contributed by atoms with Gasteiger partial charge in [0.25, 0.3) is 0 Å². The summed E-state index contributed by atoms with van der Waals surface area (Å²) in [4.78, 5) is 11.3. The van der Waals surface area contributed by atoms with Crippen LogP contribution in [0.5, 0.6) is 0 Å². The lowest BCUT2D eigenvalue weighted by Crippen LogP contribution is -2.38. The topological polar surface area (TPSA) is 63.2 Å². The average molecular weight is 310 g/mol. The average Bonchev–Trinajstić information content (AvgIpc) is 2.26. The van der Waals surface area contributed by atoms with Crippen molar-refractivity contribution in [2.24, 2.45) is 0 Å². The zero-order chi connectivity index (χ0) is 13.9. The van der Waals surface area contributed by atoms with Gasteiger partial charge < -0.3 is 0 Å². The predicted octanol–water partition coefficient (Wildman–Crippen LogP) is 2.64. The molecule has 0 spiro atoms. The Balaban J connectivity index is 3.03. The van der Waals surface area contributed by atoms with E-state index in [0.717, 1.165) is 0 Å². The van der Waals surface area contributed by atoms with E-state index in [-0.39, 0.29) is 27.1 Å². The molecule has 18 heavy (non-hydrogen) atoms. The summed E-state index contributed by atoms with van der Waals surface area (Å²) in [6.07, 6.45) is 0.264. The van der Waals surface area contributed by atoms with Crippen molar-refractivity contribution in [2.75, 3.05) is 0 Å². The maximum Gasteiger partial charge on any atom is 0.241 e. The first-order valence-electron chi connectivity index (χ1n) is 5.27. The van der Waals surface area contributed by atoms with Crippen LogP contribution in [0.2, 0.25) is 10.0 Å². The Bertz CT molecular complexity index is 537. The number of rotatable bonds is 5. The minimum atomic E-state index is -3.80. The van der Waals surface area contributed by atoms with Crippen molar-refractivity contribution in [3.8, 4) is 0 Å². The molecule has 4 nitrogen and oxygen atoms in total. The highest BCUT2D eigenvalue weighted by molar-refractivity contribution is 7.89. The van der Waals surface area contributed by atoms with Crippen LogP contribution < -0.4 is 4.72 Å². The van der Waals surface area contributed by atoms with Crippen LogP contribution in [0.1, 0.15) is 20.3 Å². The van der Waals surface area contributed by atoms with Crippen LogP contribution in [0.25, 0.3) is 0 Å². The molecular weight excluding hydrogens is 297 g/mol. The van der Waals surface area contributed by atoms with Gasteiger partial charge in [-0.05, 0) is 25.1 Å². The van der Waals surface area contributed by atoms with Crippen molar-refractivity contribution in [1.82, 2.24) is 4.72 Å². The molecule has 0 heterocycles. The first-order valence-corrected chi connectivity index (χ1v) is 7.51. The second kappa shape index (κ2) is 6.02. The molecular formula is C11H13Cl2NO3S. The van der Waals surface area contributed by atoms with E-state index in [9.17, 15) is 13.2 Å². The molecule has 1 aromatic rings. The van der Waals surface area contributed by atoms with E-state index in [4.69, 9.17) is 23.2 Å².